The maximum Gasteiger partial charge on any atom is 0.240 e. The van der Waals surface area contributed by atoms with E-state index in [0.29, 0.717) is 11.4 Å². The van der Waals surface area contributed by atoms with Gasteiger partial charge in [0.2, 0.25) is 12.2 Å². The zero-order chi connectivity index (χ0) is 13.7. The third kappa shape index (κ3) is 2.90. The molecule has 4 heteroatoms. The Labute approximate surface area is 110 Å². The van der Waals surface area contributed by atoms with Crippen molar-refractivity contribution < 1.29 is 9.59 Å². The average Bonchev–Trinajstić information content (AvgIpc) is 2.43. The van der Waals surface area contributed by atoms with E-state index in [2.05, 4.69) is 9.98 Å². The molecule has 0 atom stereocenters. The van der Waals surface area contributed by atoms with Crippen LogP contribution in [-0.4, -0.2) is 12.2 Å². The molecule has 0 amide bonds. The summed E-state index contributed by atoms with van der Waals surface area (Å²) in [5, 5.41) is 0. The Kier molecular flexibility index (Phi) is 3.79. The Balaban J connectivity index is 2.39. The molecular weight excluding hydrogens is 240 g/mol. The van der Waals surface area contributed by atoms with Gasteiger partial charge in [-0.25, -0.2) is 9.59 Å². The highest BCUT2D eigenvalue weighted by molar-refractivity contribution is 5.69. The van der Waals surface area contributed by atoms with Crippen LogP contribution in [-0.2, 0) is 9.59 Å². The first-order valence-corrected chi connectivity index (χ1v) is 5.61. The molecule has 4 nitrogen and oxygen atoms in total. The van der Waals surface area contributed by atoms with E-state index in [0.717, 1.165) is 16.7 Å². The summed E-state index contributed by atoms with van der Waals surface area (Å²) in [7, 11) is 0. The number of isocyanates is 2. The summed E-state index contributed by atoms with van der Waals surface area (Å²) in [5.41, 5.74) is 4.08. The van der Waals surface area contributed by atoms with E-state index < -0.39 is 0 Å². The monoisotopic (exact) mass is 250 g/mol. The molecule has 0 aromatic heterocycles. The molecular formula is C15H10N2O2. The maximum absolute atomic E-state index is 10.2. The predicted octanol–water partition coefficient (Wildman–Crippen LogP) is 3.60. The highest BCUT2D eigenvalue weighted by atomic mass is 16.1. The molecule has 0 bridgehead atoms. The number of hydrogen-bond donors (Lipinski definition) is 0. The minimum absolute atomic E-state index is 0.567. The first-order valence-electron chi connectivity index (χ1n) is 5.61. The second kappa shape index (κ2) is 5.69. The van der Waals surface area contributed by atoms with Crippen LogP contribution in [0.2, 0.25) is 0 Å². The molecule has 0 saturated carbocycles. The fourth-order valence-electron chi connectivity index (χ4n) is 1.79. The number of rotatable bonds is 3. The van der Waals surface area contributed by atoms with Crippen LogP contribution in [0.25, 0.3) is 11.1 Å². The van der Waals surface area contributed by atoms with Gasteiger partial charge in [0.05, 0.1) is 11.4 Å². The summed E-state index contributed by atoms with van der Waals surface area (Å²) in [6.07, 6.45) is 3.03. The summed E-state index contributed by atoms with van der Waals surface area (Å²) in [4.78, 5) is 27.5. The minimum Gasteiger partial charge on any atom is -0.211 e. The molecule has 2 rings (SSSR count). The molecule has 0 aliphatic rings. The lowest BCUT2D eigenvalue weighted by Crippen LogP contribution is -1.80. The number of aryl methyl sites for hydroxylation is 1. The van der Waals surface area contributed by atoms with Gasteiger partial charge < -0.3 is 0 Å². The fourth-order valence-corrected chi connectivity index (χ4v) is 1.79. The zero-order valence-electron chi connectivity index (χ0n) is 10.3. The molecule has 0 radical (unpaired) electrons. The predicted molar refractivity (Wildman–Crippen MR) is 72.2 cm³/mol. The molecule has 0 N–H and O–H groups in total. The van der Waals surface area contributed by atoms with Crippen molar-refractivity contribution >= 4 is 23.5 Å². The standard InChI is InChI=1S/C15H10N2O2/c1-11-8-13(4-7-15(11)17-10-19)12-2-5-14(6-3-12)16-9-18/h2-8H,1H3. The summed E-state index contributed by atoms with van der Waals surface area (Å²) in [5.74, 6) is 0. The second-order valence-corrected chi connectivity index (χ2v) is 3.95. The van der Waals surface area contributed by atoms with Crippen LogP contribution in [0, 0.1) is 6.92 Å². The van der Waals surface area contributed by atoms with Crippen molar-refractivity contribution in [3.8, 4) is 11.1 Å². The highest BCUT2D eigenvalue weighted by Crippen LogP contribution is 2.27. The lowest BCUT2D eigenvalue weighted by Gasteiger charge is -2.05. The Morgan fingerprint density at radius 1 is 0.842 bits per heavy atom. The van der Waals surface area contributed by atoms with Crippen LogP contribution in [0.15, 0.2) is 52.4 Å². The molecule has 0 heterocycles. The van der Waals surface area contributed by atoms with E-state index in [1.54, 1.807) is 18.2 Å². The number of nitrogens with zero attached hydrogens (tertiary/aromatic N) is 2. The topological polar surface area (TPSA) is 58.9 Å². The third-order valence-corrected chi connectivity index (χ3v) is 2.74. The normalized spacial score (nSPS) is 9.32. The SMILES string of the molecule is Cc1cc(-c2ccc(N=C=O)cc2)ccc1N=C=O. The summed E-state index contributed by atoms with van der Waals surface area (Å²) >= 11 is 0. The maximum atomic E-state index is 10.2. The van der Waals surface area contributed by atoms with Gasteiger partial charge in [0.25, 0.3) is 0 Å². The van der Waals surface area contributed by atoms with Crippen LogP contribution < -0.4 is 0 Å². The van der Waals surface area contributed by atoms with E-state index in [-0.39, 0.29) is 0 Å². The van der Waals surface area contributed by atoms with Crippen LogP contribution in [0.3, 0.4) is 0 Å². The first kappa shape index (κ1) is 12.7. The number of hydrogen-bond acceptors (Lipinski definition) is 4. The number of aliphatic imine (C=N–C) groups is 2. The third-order valence-electron chi connectivity index (χ3n) is 2.74. The van der Waals surface area contributed by atoms with Gasteiger partial charge in [-0.05, 0) is 47.9 Å². The van der Waals surface area contributed by atoms with Crippen molar-refractivity contribution in [3.05, 3.63) is 48.0 Å². The molecule has 19 heavy (non-hydrogen) atoms. The van der Waals surface area contributed by atoms with Gasteiger partial charge >= 0.3 is 0 Å². The van der Waals surface area contributed by atoms with E-state index in [1.165, 1.54) is 12.2 Å². The van der Waals surface area contributed by atoms with Gasteiger partial charge in [0, 0.05) is 0 Å². The van der Waals surface area contributed by atoms with Crippen molar-refractivity contribution in [2.45, 2.75) is 6.92 Å². The largest absolute Gasteiger partial charge is 0.240 e. The molecule has 0 unspecified atom stereocenters. The number of benzene rings is 2. The van der Waals surface area contributed by atoms with Crippen molar-refractivity contribution in [3.63, 3.8) is 0 Å². The summed E-state index contributed by atoms with van der Waals surface area (Å²) in [6, 6.07) is 12.8. The van der Waals surface area contributed by atoms with Gasteiger partial charge in [-0.15, -0.1) is 0 Å². The first-order chi connectivity index (χ1) is 9.24. The molecule has 0 aliphatic heterocycles. The quantitative estimate of drug-likeness (QED) is 0.617. The molecule has 2 aromatic rings. The van der Waals surface area contributed by atoms with Gasteiger partial charge in [0.1, 0.15) is 0 Å². The summed E-state index contributed by atoms with van der Waals surface area (Å²) in [6.45, 7) is 1.88. The van der Waals surface area contributed by atoms with Gasteiger partial charge in [-0.3, -0.25) is 0 Å². The van der Waals surface area contributed by atoms with Crippen molar-refractivity contribution in [2.24, 2.45) is 9.98 Å². The van der Waals surface area contributed by atoms with Crippen LogP contribution in [0.4, 0.5) is 11.4 Å². The van der Waals surface area contributed by atoms with Crippen LogP contribution >= 0.6 is 0 Å². The van der Waals surface area contributed by atoms with E-state index >= 15 is 0 Å². The van der Waals surface area contributed by atoms with E-state index in [4.69, 9.17) is 0 Å². The Morgan fingerprint density at radius 3 is 2.05 bits per heavy atom. The van der Waals surface area contributed by atoms with Gasteiger partial charge in [-0.2, -0.15) is 9.98 Å². The second-order valence-electron chi connectivity index (χ2n) is 3.95. The van der Waals surface area contributed by atoms with Gasteiger partial charge in [0.15, 0.2) is 0 Å². The van der Waals surface area contributed by atoms with Crippen LogP contribution in [0.1, 0.15) is 5.56 Å². The van der Waals surface area contributed by atoms with E-state index in [9.17, 15) is 9.59 Å². The number of carbonyl (C=O) groups excluding carboxylic acids is 2. The van der Waals surface area contributed by atoms with E-state index in [1.807, 2.05) is 31.2 Å². The molecule has 0 fully saturated rings. The lowest BCUT2D eigenvalue weighted by molar-refractivity contribution is 0.564. The van der Waals surface area contributed by atoms with Gasteiger partial charge in [-0.1, -0.05) is 18.2 Å². The fraction of sp³-hybridized carbons (Fsp3) is 0.0667. The van der Waals surface area contributed by atoms with Crippen LogP contribution in [0.5, 0.6) is 0 Å². The molecule has 0 spiro atoms. The molecule has 0 saturated heterocycles. The van der Waals surface area contributed by atoms with Crippen molar-refractivity contribution in [1.82, 2.24) is 0 Å². The summed E-state index contributed by atoms with van der Waals surface area (Å²) < 4.78 is 0. The molecule has 2 aromatic carbocycles. The Hall–Kier alpha value is -2.80. The Bertz CT molecular complexity index is 693. The minimum atomic E-state index is 0.567. The van der Waals surface area contributed by atoms with Crippen molar-refractivity contribution in [1.29, 1.82) is 0 Å². The van der Waals surface area contributed by atoms with Crippen molar-refractivity contribution in [2.75, 3.05) is 0 Å². The molecule has 92 valence electrons. The Morgan fingerprint density at radius 2 is 1.47 bits per heavy atom. The average molecular weight is 250 g/mol. The smallest absolute Gasteiger partial charge is 0.211 e. The molecule has 0 aliphatic carbocycles. The highest BCUT2D eigenvalue weighted by Gasteiger charge is 2.02. The lowest BCUT2D eigenvalue weighted by atomic mass is 10.0. The zero-order valence-corrected chi connectivity index (χ0v) is 10.3.